The summed E-state index contributed by atoms with van der Waals surface area (Å²) in [5.74, 6) is -4.85. The molecule has 1 aliphatic heterocycles. The van der Waals surface area contributed by atoms with Crippen LogP contribution in [0.4, 0.5) is 8.78 Å². The van der Waals surface area contributed by atoms with E-state index in [0.29, 0.717) is 6.42 Å². The molecule has 0 aromatic carbocycles. The number of alkyl halides is 2. The van der Waals surface area contributed by atoms with E-state index in [0.717, 1.165) is 32.1 Å². The molecule has 4 aliphatic rings. The standard InChI is InChI=1S/C21H29F2NO8S/c1-10(2)24-16-12-8-13(17(16)32-19(26)11-6-4-3-5-7-11)15(14(12)18(24)25)20(27)31-9-21(22,23)33(28,29)30/h10-17H,3-9H2,1-2H3,(H,28,29,30). The molecule has 1 saturated heterocycles. The minimum atomic E-state index is -5.77. The van der Waals surface area contributed by atoms with Crippen molar-refractivity contribution in [3.05, 3.63) is 0 Å². The highest BCUT2D eigenvalue weighted by Crippen LogP contribution is 2.60. The Bertz CT molecular complexity index is 933. The third-order valence-electron chi connectivity index (χ3n) is 7.69. The smallest absolute Gasteiger partial charge is 0.402 e. The van der Waals surface area contributed by atoms with Crippen LogP contribution in [0.3, 0.4) is 0 Å². The maximum atomic E-state index is 13.6. The maximum Gasteiger partial charge on any atom is 0.402 e. The Morgan fingerprint density at radius 1 is 1.15 bits per heavy atom. The van der Waals surface area contributed by atoms with Crippen molar-refractivity contribution >= 4 is 28.0 Å². The van der Waals surface area contributed by atoms with Gasteiger partial charge >= 0.3 is 27.3 Å². The minimum Gasteiger partial charge on any atom is -0.460 e. The number of rotatable bonds is 7. The molecule has 3 aliphatic carbocycles. The van der Waals surface area contributed by atoms with Gasteiger partial charge in [0.25, 0.3) is 0 Å². The molecular formula is C21H29F2NO8S. The molecule has 9 nitrogen and oxygen atoms in total. The summed E-state index contributed by atoms with van der Waals surface area (Å²) in [7, 11) is -5.77. The van der Waals surface area contributed by atoms with Crippen LogP contribution < -0.4 is 0 Å². The zero-order valence-corrected chi connectivity index (χ0v) is 19.3. The molecule has 0 radical (unpaired) electrons. The lowest BCUT2D eigenvalue weighted by molar-refractivity contribution is -0.169. The summed E-state index contributed by atoms with van der Waals surface area (Å²) < 4.78 is 68.0. The summed E-state index contributed by atoms with van der Waals surface area (Å²) in [5, 5.41) is -4.67. The Kier molecular flexibility index (Phi) is 6.22. The summed E-state index contributed by atoms with van der Waals surface area (Å²) in [4.78, 5) is 40.5. The first-order valence-corrected chi connectivity index (χ1v) is 12.8. The van der Waals surface area contributed by atoms with Crippen molar-refractivity contribution in [2.75, 3.05) is 6.61 Å². The summed E-state index contributed by atoms with van der Waals surface area (Å²) in [6, 6.07) is -0.605. The second-order valence-electron chi connectivity index (χ2n) is 9.90. The fraction of sp³-hybridized carbons (Fsp3) is 0.857. The average molecular weight is 494 g/mol. The van der Waals surface area contributed by atoms with Gasteiger partial charge in [0.1, 0.15) is 6.10 Å². The van der Waals surface area contributed by atoms with Gasteiger partial charge in [-0.25, -0.2) is 0 Å². The second kappa shape index (κ2) is 8.44. The molecule has 4 fully saturated rings. The first kappa shape index (κ1) is 24.3. The highest BCUT2D eigenvalue weighted by atomic mass is 32.2. The summed E-state index contributed by atoms with van der Waals surface area (Å²) in [6.45, 7) is 1.77. The van der Waals surface area contributed by atoms with Crippen LogP contribution in [0, 0.1) is 29.6 Å². The molecule has 0 aromatic heterocycles. The number of esters is 2. The highest BCUT2D eigenvalue weighted by Gasteiger charge is 2.71. The molecule has 4 rings (SSSR count). The van der Waals surface area contributed by atoms with Gasteiger partial charge in [-0.2, -0.15) is 17.2 Å². The van der Waals surface area contributed by atoms with Gasteiger partial charge in [0, 0.05) is 12.0 Å². The van der Waals surface area contributed by atoms with E-state index in [4.69, 9.17) is 9.29 Å². The molecule has 1 N–H and O–H groups in total. The van der Waals surface area contributed by atoms with E-state index in [1.807, 2.05) is 13.8 Å². The molecule has 1 heterocycles. The van der Waals surface area contributed by atoms with Crippen molar-refractivity contribution in [1.29, 1.82) is 0 Å². The van der Waals surface area contributed by atoms with E-state index in [2.05, 4.69) is 4.74 Å². The monoisotopic (exact) mass is 493 g/mol. The number of ether oxygens (including phenoxy) is 2. The zero-order valence-electron chi connectivity index (χ0n) is 18.5. The molecule has 6 atom stereocenters. The number of nitrogens with zero attached hydrogens (tertiary/aromatic N) is 1. The number of hydrogen-bond acceptors (Lipinski definition) is 7. The number of hydrogen-bond donors (Lipinski definition) is 1. The fourth-order valence-electron chi connectivity index (χ4n) is 6.32. The molecule has 0 spiro atoms. The van der Waals surface area contributed by atoms with Crippen molar-refractivity contribution in [1.82, 2.24) is 4.90 Å². The van der Waals surface area contributed by atoms with E-state index in [1.165, 1.54) is 0 Å². The molecule has 12 heteroatoms. The third-order valence-corrected chi connectivity index (χ3v) is 8.56. The van der Waals surface area contributed by atoms with Gasteiger partial charge in [0.2, 0.25) is 5.91 Å². The SMILES string of the molecule is CC(C)N1C(=O)C2C3CC(C(OC(=O)C4CCCCC4)C31)C2C(=O)OCC(F)(F)S(=O)(=O)O. The van der Waals surface area contributed by atoms with E-state index in [9.17, 15) is 31.6 Å². The predicted molar refractivity (Wildman–Crippen MR) is 108 cm³/mol. The van der Waals surface area contributed by atoms with Crippen LogP contribution in [0.2, 0.25) is 0 Å². The second-order valence-corrected chi connectivity index (χ2v) is 11.4. The van der Waals surface area contributed by atoms with Crippen molar-refractivity contribution in [2.24, 2.45) is 29.6 Å². The average Bonchev–Trinajstić information content (AvgIpc) is 3.34. The van der Waals surface area contributed by atoms with E-state index in [-0.39, 0.29) is 35.8 Å². The lowest BCUT2D eigenvalue weighted by Gasteiger charge is -2.36. The lowest BCUT2D eigenvalue weighted by Crippen LogP contribution is -2.49. The predicted octanol–water partition coefficient (Wildman–Crippen LogP) is 2.00. The molecule has 2 bridgehead atoms. The first-order valence-electron chi connectivity index (χ1n) is 11.4. The molecule has 186 valence electrons. The Labute approximate surface area is 190 Å². The van der Waals surface area contributed by atoms with Gasteiger partial charge in [-0.3, -0.25) is 18.9 Å². The Balaban J connectivity index is 1.56. The highest BCUT2D eigenvalue weighted by molar-refractivity contribution is 7.86. The topological polar surface area (TPSA) is 127 Å². The van der Waals surface area contributed by atoms with E-state index in [1.54, 1.807) is 4.90 Å². The summed E-state index contributed by atoms with van der Waals surface area (Å²) in [5.41, 5.74) is 0. The number of likely N-dealkylation sites (tertiary alicyclic amines) is 1. The Morgan fingerprint density at radius 3 is 2.36 bits per heavy atom. The maximum absolute atomic E-state index is 13.6. The Hall–Kier alpha value is -1.82. The van der Waals surface area contributed by atoms with Crippen molar-refractivity contribution in [3.63, 3.8) is 0 Å². The van der Waals surface area contributed by atoms with E-state index < -0.39 is 51.8 Å². The van der Waals surface area contributed by atoms with Gasteiger partial charge in [0.15, 0.2) is 6.61 Å². The fourth-order valence-corrected chi connectivity index (χ4v) is 6.53. The molecule has 6 unspecified atom stereocenters. The van der Waals surface area contributed by atoms with Crippen LogP contribution >= 0.6 is 0 Å². The van der Waals surface area contributed by atoms with Gasteiger partial charge in [-0.1, -0.05) is 19.3 Å². The number of carbonyl (C=O) groups excluding carboxylic acids is 3. The number of halogens is 2. The van der Waals surface area contributed by atoms with Crippen LogP contribution in [0.15, 0.2) is 0 Å². The summed E-state index contributed by atoms with van der Waals surface area (Å²) >= 11 is 0. The third kappa shape index (κ3) is 4.02. The molecule has 33 heavy (non-hydrogen) atoms. The van der Waals surface area contributed by atoms with Crippen LogP contribution in [0.25, 0.3) is 0 Å². The molecule has 3 saturated carbocycles. The molecule has 1 amide bonds. The zero-order chi connectivity index (χ0) is 24.3. The summed E-state index contributed by atoms with van der Waals surface area (Å²) in [6.07, 6.45) is 3.99. The van der Waals surface area contributed by atoms with Gasteiger partial charge in [-0.05, 0) is 39.0 Å². The minimum absolute atomic E-state index is 0.219. The van der Waals surface area contributed by atoms with Crippen LogP contribution in [0.1, 0.15) is 52.4 Å². The van der Waals surface area contributed by atoms with Crippen molar-refractivity contribution < 1.29 is 45.6 Å². The van der Waals surface area contributed by atoms with E-state index >= 15 is 0 Å². The van der Waals surface area contributed by atoms with Gasteiger partial charge < -0.3 is 14.4 Å². The Morgan fingerprint density at radius 2 is 1.79 bits per heavy atom. The molecular weight excluding hydrogens is 464 g/mol. The van der Waals surface area contributed by atoms with Crippen molar-refractivity contribution in [2.45, 2.75) is 75.8 Å². The number of amides is 1. The van der Waals surface area contributed by atoms with Gasteiger partial charge in [-0.15, -0.1) is 0 Å². The largest absolute Gasteiger partial charge is 0.460 e. The normalized spacial score (nSPS) is 34.2. The number of fused-ring (bicyclic) bond motifs is 1. The van der Waals surface area contributed by atoms with Crippen LogP contribution in [-0.4, -0.2) is 65.8 Å². The number of carbonyl (C=O) groups is 3. The van der Waals surface area contributed by atoms with Crippen LogP contribution in [0.5, 0.6) is 0 Å². The molecule has 0 aromatic rings. The quantitative estimate of drug-likeness (QED) is 0.421. The first-order chi connectivity index (χ1) is 15.3. The van der Waals surface area contributed by atoms with Gasteiger partial charge in [0.05, 0.1) is 23.8 Å². The van der Waals surface area contributed by atoms with Crippen LogP contribution in [-0.2, 0) is 34.0 Å². The van der Waals surface area contributed by atoms with Crippen molar-refractivity contribution in [3.8, 4) is 0 Å². The lowest BCUT2D eigenvalue weighted by atomic mass is 9.78.